The smallest absolute Gasteiger partial charge is 0.258 e. The molecular formula is C25H26N6O3. The van der Waals surface area contributed by atoms with Crippen LogP contribution < -0.4 is 4.74 Å². The lowest BCUT2D eigenvalue weighted by Crippen LogP contribution is -2.32. The quantitative estimate of drug-likeness (QED) is 0.441. The highest BCUT2D eigenvalue weighted by Crippen LogP contribution is 2.35. The van der Waals surface area contributed by atoms with E-state index in [0.29, 0.717) is 35.3 Å². The van der Waals surface area contributed by atoms with Gasteiger partial charge in [-0.15, -0.1) is 0 Å². The maximum Gasteiger partial charge on any atom is 0.258 e. The lowest BCUT2D eigenvalue weighted by atomic mass is 10.0. The summed E-state index contributed by atoms with van der Waals surface area (Å²) in [6.07, 6.45) is 4.78. The summed E-state index contributed by atoms with van der Waals surface area (Å²) >= 11 is 0. The highest BCUT2D eigenvalue weighted by molar-refractivity contribution is 5.98. The molecule has 0 saturated carbocycles. The molecule has 1 amide bonds. The van der Waals surface area contributed by atoms with Crippen LogP contribution in [0.4, 0.5) is 0 Å². The van der Waals surface area contributed by atoms with E-state index in [1.165, 1.54) is 4.80 Å². The molecule has 0 bridgehead atoms. The lowest BCUT2D eigenvalue weighted by Gasteiger charge is -2.24. The molecule has 1 aliphatic rings. The number of hydrogen-bond acceptors (Lipinski definition) is 7. The normalized spacial score (nSPS) is 15.6. The van der Waals surface area contributed by atoms with Gasteiger partial charge in [-0.1, -0.05) is 17.3 Å². The van der Waals surface area contributed by atoms with Crippen LogP contribution in [-0.4, -0.2) is 49.6 Å². The van der Waals surface area contributed by atoms with Crippen LogP contribution in [0.25, 0.3) is 17.1 Å². The number of ether oxygens (including phenoxy) is 1. The number of aryl methyl sites for hydroxylation is 2. The number of benzene rings is 2. The predicted molar refractivity (Wildman–Crippen MR) is 125 cm³/mol. The minimum Gasteiger partial charge on any atom is -0.496 e. The van der Waals surface area contributed by atoms with Gasteiger partial charge < -0.3 is 14.2 Å². The SMILES string of the molecule is COc1cc(C(=O)N2CCC[C@H]2c2noc(-c3cccc(C)c3C)n2)c(-n2nccn2)cc1C. The first-order valence-electron chi connectivity index (χ1n) is 11.2. The first-order chi connectivity index (χ1) is 16.5. The van der Waals surface area contributed by atoms with E-state index in [2.05, 4.69) is 33.3 Å². The Bertz CT molecular complexity index is 1340. The molecular weight excluding hydrogens is 432 g/mol. The fraction of sp³-hybridized carbons (Fsp3) is 0.320. The van der Waals surface area contributed by atoms with Crippen LogP contribution in [0.15, 0.2) is 47.2 Å². The van der Waals surface area contributed by atoms with Crippen molar-refractivity contribution in [2.24, 2.45) is 0 Å². The molecule has 1 saturated heterocycles. The second-order valence-electron chi connectivity index (χ2n) is 8.52. The molecule has 3 heterocycles. The van der Waals surface area contributed by atoms with Crippen LogP contribution in [0.1, 0.15) is 51.8 Å². The molecule has 1 fully saturated rings. The summed E-state index contributed by atoms with van der Waals surface area (Å²) in [7, 11) is 1.59. The van der Waals surface area contributed by atoms with Crippen molar-refractivity contribution in [3.8, 4) is 22.9 Å². The van der Waals surface area contributed by atoms with Gasteiger partial charge in [-0.3, -0.25) is 4.79 Å². The van der Waals surface area contributed by atoms with E-state index in [-0.39, 0.29) is 11.9 Å². The van der Waals surface area contributed by atoms with Crippen LogP contribution in [0.3, 0.4) is 0 Å². The Morgan fingerprint density at radius 1 is 1.12 bits per heavy atom. The molecule has 0 radical (unpaired) electrons. The zero-order valence-corrected chi connectivity index (χ0v) is 19.6. The van der Waals surface area contributed by atoms with Crippen LogP contribution in [-0.2, 0) is 0 Å². The predicted octanol–water partition coefficient (Wildman–Crippen LogP) is 4.23. The summed E-state index contributed by atoms with van der Waals surface area (Å²) in [5, 5.41) is 12.7. The van der Waals surface area contributed by atoms with Crippen molar-refractivity contribution in [2.45, 2.75) is 39.7 Å². The number of amides is 1. The zero-order chi connectivity index (χ0) is 23.8. The van der Waals surface area contributed by atoms with E-state index in [1.54, 1.807) is 30.5 Å². The largest absolute Gasteiger partial charge is 0.496 e. The minimum absolute atomic E-state index is 0.147. The summed E-state index contributed by atoms with van der Waals surface area (Å²) in [6, 6.07) is 9.34. The Labute approximate surface area is 197 Å². The summed E-state index contributed by atoms with van der Waals surface area (Å²) < 4.78 is 11.1. The Hall–Kier alpha value is -4.01. The molecule has 0 N–H and O–H groups in total. The number of aromatic nitrogens is 5. The third-order valence-electron chi connectivity index (χ3n) is 6.47. The second-order valence-corrected chi connectivity index (χ2v) is 8.52. The monoisotopic (exact) mass is 458 g/mol. The maximum absolute atomic E-state index is 13.8. The molecule has 1 atom stereocenters. The second kappa shape index (κ2) is 8.74. The van der Waals surface area contributed by atoms with Crippen molar-refractivity contribution in [3.05, 3.63) is 70.8 Å². The van der Waals surface area contributed by atoms with E-state index < -0.39 is 0 Å². The van der Waals surface area contributed by atoms with E-state index in [9.17, 15) is 4.79 Å². The van der Waals surface area contributed by atoms with Crippen LogP contribution >= 0.6 is 0 Å². The number of nitrogens with zero attached hydrogens (tertiary/aromatic N) is 6. The van der Waals surface area contributed by atoms with Crippen LogP contribution in [0, 0.1) is 20.8 Å². The van der Waals surface area contributed by atoms with E-state index in [4.69, 9.17) is 9.26 Å². The summed E-state index contributed by atoms with van der Waals surface area (Å²) in [5.74, 6) is 1.46. The number of carbonyl (C=O) groups is 1. The van der Waals surface area contributed by atoms with Crippen LogP contribution in [0.5, 0.6) is 5.75 Å². The van der Waals surface area contributed by atoms with E-state index in [0.717, 1.165) is 35.1 Å². The maximum atomic E-state index is 13.8. The fourth-order valence-electron chi connectivity index (χ4n) is 4.46. The summed E-state index contributed by atoms with van der Waals surface area (Å²) in [5.41, 5.74) is 5.11. The third kappa shape index (κ3) is 3.72. The summed E-state index contributed by atoms with van der Waals surface area (Å²) in [6.45, 7) is 6.61. The van der Waals surface area contributed by atoms with Gasteiger partial charge >= 0.3 is 0 Å². The molecule has 5 rings (SSSR count). The van der Waals surface area contributed by atoms with Crippen LogP contribution in [0.2, 0.25) is 0 Å². The Morgan fingerprint density at radius 2 is 1.91 bits per heavy atom. The standard InChI is InChI=1S/C25H26N6O3/c1-15-7-5-8-18(17(15)3)24-28-23(29-34-24)20-9-6-12-30(20)25(32)19-14-22(33-4)16(2)13-21(19)31-26-10-11-27-31/h5,7-8,10-11,13-14,20H,6,9,12H2,1-4H3/t20-/m0/s1. The van der Waals surface area contributed by atoms with Crippen molar-refractivity contribution in [1.82, 2.24) is 30.0 Å². The molecule has 0 spiro atoms. The van der Waals surface area contributed by atoms with Gasteiger partial charge in [0.25, 0.3) is 11.8 Å². The van der Waals surface area contributed by atoms with Gasteiger partial charge in [-0.2, -0.15) is 20.0 Å². The number of methoxy groups -OCH3 is 1. The molecule has 174 valence electrons. The van der Waals surface area contributed by atoms with Gasteiger partial charge in [0, 0.05) is 12.1 Å². The average molecular weight is 459 g/mol. The van der Waals surface area contributed by atoms with E-state index in [1.807, 2.05) is 32.0 Å². The Kier molecular flexibility index (Phi) is 5.61. The molecule has 2 aromatic carbocycles. The highest BCUT2D eigenvalue weighted by Gasteiger charge is 2.35. The minimum atomic E-state index is -0.277. The Morgan fingerprint density at radius 3 is 2.68 bits per heavy atom. The first kappa shape index (κ1) is 21.8. The summed E-state index contributed by atoms with van der Waals surface area (Å²) in [4.78, 5) is 21.8. The molecule has 0 unspecified atom stereocenters. The van der Waals surface area contributed by atoms with Crippen molar-refractivity contribution in [3.63, 3.8) is 0 Å². The van der Waals surface area contributed by atoms with Gasteiger partial charge in [0.1, 0.15) is 5.75 Å². The average Bonchev–Trinajstić information content (AvgIpc) is 3.61. The van der Waals surface area contributed by atoms with Crippen molar-refractivity contribution in [2.75, 3.05) is 13.7 Å². The molecule has 0 aliphatic carbocycles. The van der Waals surface area contributed by atoms with Gasteiger partial charge in [-0.25, -0.2) is 0 Å². The fourth-order valence-corrected chi connectivity index (χ4v) is 4.46. The topological polar surface area (TPSA) is 99.2 Å². The van der Waals surface area contributed by atoms with Gasteiger partial charge in [0.2, 0.25) is 0 Å². The number of rotatable bonds is 5. The van der Waals surface area contributed by atoms with Gasteiger partial charge in [0.15, 0.2) is 5.82 Å². The highest BCUT2D eigenvalue weighted by atomic mass is 16.5. The zero-order valence-electron chi connectivity index (χ0n) is 19.6. The van der Waals surface area contributed by atoms with E-state index >= 15 is 0 Å². The van der Waals surface area contributed by atoms with Gasteiger partial charge in [-0.05, 0) is 68.5 Å². The van der Waals surface area contributed by atoms with Crippen molar-refractivity contribution in [1.29, 1.82) is 0 Å². The molecule has 2 aromatic heterocycles. The van der Waals surface area contributed by atoms with Crippen molar-refractivity contribution >= 4 is 5.91 Å². The first-order valence-corrected chi connectivity index (χ1v) is 11.2. The molecule has 9 heteroatoms. The van der Waals surface area contributed by atoms with Gasteiger partial charge in [0.05, 0.1) is 36.8 Å². The number of hydrogen-bond donors (Lipinski definition) is 0. The number of carbonyl (C=O) groups excluding carboxylic acids is 1. The van der Waals surface area contributed by atoms with Crippen molar-refractivity contribution < 1.29 is 14.1 Å². The lowest BCUT2D eigenvalue weighted by molar-refractivity contribution is 0.0727. The molecule has 9 nitrogen and oxygen atoms in total. The molecule has 1 aliphatic heterocycles. The Balaban J connectivity index is 1.50. The number of likely N-dealkylation sites (tertiary alicyclic amines) is 1. The molecule has 4 aromatic rings. The molecule has 34 heavy (non-hydrogen) atoms. The third-order valence-corrected chi connectivity index (χ3v) is 6.47.